The molecule has 0 aliphatic carbocycles. The molecule has 1 heterocycles. The maximum absolute atomic E-state index is 13.7. The highest BCUT2D eigenvalue weighted by Crippen LogP contribution is 2.39. The second-order valence-corrected chi connectivity index (χ2v) is 7.80. The van der Waals surface area contributed by atoms with Crippen LogP contribution in [0.4, 0.5) is 9.52 Å². The van der Waals surface area contributed by atoms with E-state index in [1.54, 1.807) is 30.2 Å². The summed E-state index contributed by atoms with van der Waals surface area (Å²) in [6.45, 7) is 7.00. The fourth-order valence-electron chi connectivity index (χ4n) is 3.06. The topological polar surface area (TPSA) is 45.7 Å². The molecule has 0 radical (unpaired) electrons. The van der Waals surface area contributed by atoms with Crippen molar-refractivity contribution in [3.8, 4) is 5.75 Å². The Morgan fingerprint density at radius 2 is 1.93 bits per heavy atom. The van der Waals surface area contributed by atoms with E-state index in [-0.39, 0.29) is 23.9 Å². The number of carbonyl (C=O) groups is 1. The molecule has 0 saturated heterocycles. The number of methoxy groups -OCH3 is 1. The predicted molar refractivity (Wildman–Crippen MR) is 124 cm³/mol. The van der Waals surface area contributed by atoms with E-state index in [0.29, 0.717) is 34.5 Å². The van der Waals surface area contributed by atoms with Gasteiger partial charge in [-0.15, -0.1) is 12.4 Å². The molecular formula is C21H24Cl2FN3O2S. The number of likely N-dealkylation sites (N-methyl/N-ethyl adjacent to an activating group) is 1. The van der Waals surface area contributed by atoms with Gasteiger partial charge in [0.1, 0.15) is 17.1 Å². The van der Waals surface area contributed by atoms with Gasteiger partial charge in [-0.1, -0.05) is 42.9 Å². The van der Waals surface area contributed by atoms with E-state index in [0.717, 1.165) is 17.8 Å². The van der Waals surface area contributed by atoms with Crippen LogP contribution in [0.2, 0.25) is 5.02 Å². The maximum Gasteiger partial charge on any atom is 0.260 e. The van der Waals surface area contributed by atoms with E-state index in [1.165, 1.54) is 29.5 Å². The van der Waals surface area contributed by atoms with E-state index in [2.05, 4.69) is 23.7 Å². The Morgan fingerprint density at radius 1 is 1.20 bits per heavy atom. The van der Waals surface area contributed by atoms with Gasteiger partial charge in [0.25, 0.3) is 5.91 Å². The van der Waals surface area contributed by atoms with Crippen LogP contribution in [0, 0.1) is 5.82 Å². The van der Waals surface area contributed by atoms with Crippen LogP contribution in [0.15, 0.2) is 36.4 Å². The van der Waals surface area contributed by atoms with Gasteiger partial charge in [-0.25, -0.2) is 9.37 Å². The molecule has 0 fully saturated rings. The minimum Gasteiger partial charge on any atom is -0.494 e. The van der Waals surface area contributed by atoms with Gasteiger partial charge in [0, 0.05) is 18.7 Å². The largest absolute Gasteiger partial charge is 0.494 e. The number of fused-ring (bicyclic) bond motifs is 1. The summed E-state index contributed by atoms with van der Waals surface area (Å²) in [6.07, 6.45) is 0. The van der Waals surface area contributed by atoms with Crippen molar-refractivity contribution in [2.24, 2.45) is 0 Å². The van der Waals surface area contributed by atoms with Gasteiger partial charge in [0.05, 0.1) is 16.8 Å². The second-order valence-electron chi connectivity index (χ2n) is 6.42. The molecule has 0 saturated carbocycles. The van der Waals surface area contributed by atoms with Crippen LogP contribution in [0.1, 0.15) is 24.2 Å². The first-order chi connectivity index (χ1) is 14.0. The van der Waals surface area contributed by atoms with Crippen molar-refractivity contribution in [2.75, 3.05) is 38.2 Å². The number of aromatic nitrogens is 1. The average molecular weight is 472 g/mol. The van der Waals surface area contributed by atoms with Gasteiger partial charge < -0.3 is 9.64 Å². The van der Waals surface area contributed by atoms with E-state index in [1.807, 2.05) is 0 Å². The molecule has 1 aromatic heterocycles. The van der Waals surface area contributed by atoms with E-state index in [4.69, 9.17) is 16.3 Å². The smallest absolute Gasteiger partial charge is 0.260 e. The summed E-state index contributed by atoms with van der Waals surface area (Å²) < 4.78 is 19.9. The van der Waals surface area contributed by atoms with Crippen molar-refractivity contribution in [2.45, 2.75) is 13.8 Å². The fraction of sp³-hybridized carbons (Fsp3) is 0.333. The number of amides is 1. The minimum atomic E-state index is -0.450. The van der Waals surface area contributed by atoms with Gasteiger partial charge in [-0.2, -0.15) is 0 Å². The Labute approximate surface area is 190 Å². The number of rotatable bonds is 8. The van der Waals surface area contributed by atoms with Crippen molar-refractivity contribution < 1.29 is 13.9 Å². The molecule has 0 aliphatic rings. The monoisotopic (exact) mass is 471 g/mol. The summed E-state index contributed by atoms with van der Waals surface area (Å²) in [7, 11) is 1.57. The number of anilines is 1. The lowest BCUT2D eigenvalue weighted by atomic mass is 10.2. The highest BCUT2D eigenvalue weighted by molar-refractivity contribution is 7.23. The molecule has 0 aliphatic heterocycles. The standard InChI is InChI=1S/C21H23ClFN3O2S.ClH/c1-4-25(5-2)11-12-26(20(27)14-7-6-8-15(23)13-14)21-24-18-17(28-3)10-9-16(22)19(18)29-21;/h6-10,13H,4-5,11-12H2,1-3H3;1H. The molecule has 0 atom stereocenters. The van der Waals surface area contributed by atoms with Gasteiger partial charge in [0.15, 0.2) is 5.13 Å². The number of thiazole rings is 1. The first-order valence-electron chi connectivity index (χ1n) is 9.41. The summed E-state index contributed by atoms with van der Waals surface area (Å²) in [4.78, 5) is 21.7. The molecule has 9 heteroatoms. The Morgan fingerprint density at radius 3 is 2.57 bits per heavy atom. The van der Waals surface area contributed by atoms with Gasteiger partial charge >= 0.3 is 0 Å². The Balaban J connectivity index is 0.00000320. The van der Waals surface area contributed by atoms with Crippen LogP contribution < -0.4 is 9.64 Å². The molecule has 0 N–H and O–H groups in total. The summed E-state index contributed by atoms with van der Waals surface area (Å²) in [6, 6.07) is 9.20. The number of nitrogens with zero attached hydrogens (tertiary/aromatic N) is 3. The summed E-state index contributed by atoms with van der Waals surface area (Å²) >= 11 is 7.67. The number of ether oxygens (including phenoxy) is 1. The number of hydrogen-bond donors (Lipinski definition) is 0. The number of hydrogen-bond acceptors (Lipinski definition) is 5. The van der Waals surface area contributed by atoms with Crippen LogP contribution >= 0.6 is 35.3 Å². The lowest BCUT2D eigenvalue weighted by Gasteiger charge is -2.24. The average Bonchev–Trinajstić information content (AvgIpc) is 3.17. The third kappa shape index (κ3) is 5.21. The molecule has 5 nitrogen and oxygen atoms in total. The van der Waals surface area contributed by atoms with E-state index < -0.39 is 5.82 Å². The number of halogens is 3. The third-order valence-electron chi connectivity index (χ3n) is 4.75. The molecule has 30 heavy (non-hydrogen) atoms. The normalized spacial score (nSPS) is 10.9. The van der Waals surface area contributed by atoms with E-state index in [9.17, 15) is 9.18 Å². The minimum absolute atomic E-state index is 0. The zero-order chi connectivity index (χ0) is 21.0. The lowest BCUT2D eigenvalue weighted by Crippen LogP contribution is -2.38. The van der Waals surface area contributed by atoms with Crippen LogP contribution in [-0.4, -0.2) is 49.1 Å². The molecule has 0 spiro atoms. The SMILES string of the molecule is CCN(CC)CCN(C(=O)c1cccc(F)c1)c1nc2c(OC)ccc(Cl)c2s1.Cl. The van der Waals surface area contributed by atoms with Crippen molar-refractivity contribution in [1.29, 1.82) is 0 Å². The van der Waals surface area contributed by atoms with Crippen molar-refractivity contribution in [3.05, 3.63) is 52.8 Å². The van der Waals surface area contributed by atoms with Gasteiger partial charge in [-0.05, 0) is 43.4 Å². The Kier molecular flexibility index (Phi) is 8.85. The summed E-state index contributed by atoms with van der Waals surface area (Å²) in [5.74, 6) is -0.159. The number of benzene rings is 2. The molecule has 1 amide bonds. The second kappa shape index (κ2) is 10.9. The van der Waals surface area contributed by atoms with Gasteiger partial charge in [-0.3, -0.25) is 9.69 Å². The lowest BCUT2D eigenvalue weighted by molar-refractivity contribution is 0.0983. The molecule has 162 valence electrons. The highest BCUT2D eigenvalue weighted by Gasteiger charge is 2.24. The Hall–Kier alpha value is -1.93. The maximum atomic E-state index is 13.7. The number of carbonyl (C=O) groups excluding carboxylic acids is 1. The van der Waals surface area contributed by atoms with Crippen LogP contribution in [-0.2, 0) is 0 Å². The zero-order valence-electron chi connectivity index (χ0n) is 17.0. The quantitative estimate of drug-likeness (QED) is 0.434. The molecule has 3 aromatic rings. The van der Waals surface area contributed by atoms with Crippen LogP contribution in [0.25, 0.3) is 10.2 Å². The van der Waals surface area contributed by atoms with E-state index >= 15 is 0 Å². The van der Waals surface area contributed by atoms with Crippen molar-refractivity contribution in [3.63, 3.8) is 0 Å². The Bertz CT molecular complexity index is 1010. The molecule has 0 bridgehead atoms. The van der Waals surface area contributed by atoms with Crippen molar-refractivity contribution >= 4 is 56.6 Å². The summed E-state index contributed by atoms with van der Waals surface area (Å²) in [5, 5.41) is 1.05. The van der Waals surface area contributed by atoms with Crippen LogP contribution in [0.3, 0.4) is 0 Å². The summed E-state index contributed by atoms with van der Waals surface area (Å²) in [5.41, 5.74) is 0.891. The molecule has 3 rings (SSSR count). The molecular weight excluding hydrogens is 448 g/mol. The van der Waals surface area contributed by atoms with Gasteiger partial charge in [0.2, 0.25) is 0 Å². The highest BCUT2D eigenvalue weighted by atomic mass is 35.5. The first kappa shape index (κ1) is 24.3. The third-order valence-corrected chi connectivity index (χ3v) is 6.29. The predicted octanol–water partition coefficient (Wildman–Crippen LogP) is 5.51. The molecule has 2 aromatic carbocycles. The fourth-order valence-corrected chi connectivity index (χ4v) is 4.34. The zero-order valence-corrected chi connectivity index (χ0v) is 19.4. The molecule has 0 unspecified atom stereocenters. The first-order valence-corrected chi connectivity index (χ1v) is 10.6. The van der Waals surface area contributed by atoms with Crippen molar-refractivity contribution in [1.82, 2.24) is 9.88 Å². The van der Waals surface area contributed by atoms with Crippen LogP contribution in [0.5, 0.6) is 5.75 Å².